The maximum Gasteiger partial charge on any atom is 0.129 e. The molecule has 128 valence electrons. The molecule has 0 atom stereocenters. The van der Waals surface area contributed by atoms with Gasteiger partial charge >= 0.3 is 0 Å². The Morgan fingerprint density at radius 2 is 1.96 bits per heavy atom. The first-order valence-electron chi connectivity index (χ1n) is 8.19. The fourth-order valence-corrected chi connectivity index (χ4v) is 3.08. The van der Waals surface area contributed by atoms with Gasteiger partial charge in [0.05, 0.1) is 19.8 Å². The van der Waals surface area contributed by atoms with Gasteiger partial charge in [-0.05, 0) is 24.6 Å². The SMILES string of the molecule is COc1cc(F)ccc1-c1ccccc1NC1CN(CCCF)C1. The van der Waals surface area contributed by atoms with Gasteiger partial charge in [0, 0.05) is 42.5 Å². The first-order valence-corrected chi connectivity index (χ1v) is 8.19. The van der Waals surface area contributed by atoms with Gasteiger partial charge in [0.15, 0.2) is 0 Å². The molecular weight excluding hydrogens is 310 g/mol. The van der Waals surface area contributed by atoms with Crippen LogP contribution in [0.15, 0.2) is 42.5 Å². The third kappa shape index (κ3) is 3.67. The zero-order valence-corrected chi connectivity index (χ0v) is 13.8. The summed E-state index contributed by atoms with van der Waals surface area (Å²) in [6.45, 7) is 2.37. The number of ether oxygens (including phenoxy) is 1. The number of methoxy groups -OCH3 is 1. The summed E-state index contributed by atoms with van der Waals surface area (Å²) in [4.78, 5) is 2.23. The highest BCUT2D eigenvalue weighted by atomic mass is 19.1. The van der Waals surface area contributed by atoms with Crippen LogP contribution in [0.4, 0.5) is 14.5 Å². The molecule has 0 bridgehead atoms. The molecule has 0 aliphatic carbocycles. The van der Waals surface area contributed by atoms with Gasteiger partial charge in [-0.25, -0.2) is 4.39 Å². The highest BCUT2D eigenvalue weighted by Crippen LogP contribution is 2.36. The summed E-state index contributed by atoms with van der Waals surface area (Å²) in [6, 6.07) is 12.9. The summed E-state index contributed by atoms with van der Waals surface area (Å²) in [5.41, 5.74) is 2.84. The van der Waals surface area contributed by atoms with Crippen molar-refractivity contribution in [2.75, 3.05) is 38.7 Å². The summed E-state index contributed by atoms with van der Waals surface area (Å²) >= 11 is 0. The van der Waals surface area contributed by atoms with Gasteiger partial charge in [0.25, 0.3) is 0 Å². The first kappa shape index (κ1) is 16.7. The summed E-state index contributed by atoms with van der Waals surface area (Å²) in [7, 11) is 1.54. The summed E-state index contributed by atoms with van der Waals surface area (Å²) in [6.07, 6.45) is 0.593. The number of benzene rings is 2. The van der Waals surface area contributed by atoms with E-state index in [2.05, 4.69) is 10.2 Å². The van der Waals surface area contributed by atoms with Crippen LogP contribution in [0, 0.1) is 5.82 Å². The van der Waals surface area contributed by atoms with Crippen LogP contribution in [0.25, 0.3) is 11.1 Å². The number of alkyl halides is 1. The molecular formula is C19H22F2N2O. The van der Waals surface area contributed by atoms with Crippen LogP contribution in [0.2, 0.25) is 0 Å². The molecule has 2 aromatic rings. The largest absolute Gasteiger partial charge is 0.496 e. The first-order chi connectivity index (χ1) is 11.7. The van der Waals surface area contributed by atoms with Gasteiger partial charge in [-0.2, -0.15) is 0 Å². The van der Waals surface area contributed by atoms with E-state index in [9.17, 15) is 8.78 Å². The Balaban J connectivity index is 1.75. The molecule has 0 amide bonds. The van der Waals surface area contributed by atoms with Crippen molar-refractivity contribution in [2.24, 2.45) is 0 Å². The summed E-state index contributed by atoms with van der Waals surface area (Å²) < 4.78 is 31.0. The topological polar surface area (TPSA) is 24.5 Å². The van der Waals surface area contributed by atoms with Crippen molar-refractivity contribution in [3.05, 3.63) is 48.3 Å². The molecule has 3 rings (SSSR count). The van der Waals surface area contributed by atoms with Crippen molar-refractivity contribution in [3.63, 3.8) is 0 Å². The zero-order valence-electron chi connectivity index (χ0n) is 13.8. The lowest BCUT2D eigenvalue weighted by molar-refractivity contribution is 0.155. The summed E-state index contributed by atoms with van der Waals surface area (Å²) in [5.74, 6) is 0.200. The Bertz CT molecular complexity index is 687. The fourth-order valence-electron chi connectivity index (χ4n) is 3.08. The van der Waals surface area contributed by atoms with E-state index in [1.165, 1.54) is 12.1 Å². The molecule has 1 N–H and O–H groups in total. The second-order valence-corrected chi connectivity index (χ2v) is 6.03. The second-order valence-electron chi connectivity index (χ2n) is 6.03. The number of anilines is 1. The monoisotopic (exact) mass is 332 g/mol. The van der Waals surface area contributed by atoms with Crippen molar-refractivity contribution in [1.29, 1.82) is 0 Å². The lowest BCUT2D eigenvalue weighted by Crippen LogP contribution is -2.54. The molecule has 3 nitrogen and oxygen atoms in total. The van der Waals surface area contributed by atoms with Crippen molar-refractivity contribution in [3.8, 4) is 16.9 Å². The maximum atomic E-state index is 13.4. The number of nitrogens with one attached hydrogen (secondary N) is 1. The van der Waals surface area contributed by atoms with Gasteiger partial charge in [-0.1, -0.05) is 18.2 Å². The van der Waals surface area contributed by atoms with E-state index in [-0.39, 0.29) is 12.5 Å². The molecule has 1 aliphatic heterocycles. The third-order valence-corrected chi connectivity index (χ3v) is 4.31. The number of nitrogens with zero attached hydrogens (tertiary/aromatic N) is 1. The molecule has 1 fully saturated rings. The second kappa shape index (κ2) is 7.62. The third-order valence-electron chi connectivity index (χ3n) is 4.31. The van der Waals surface area contributed by atoms with E-state index >= 15 is 0 Å². The minimum atomic E-state index is -0.316. The Morgan fingerprint density at radius 3 is 2.71 bits per heavy atom. The van der Waals surface area contributed by atoms with E-state index in [4.69, 9.17) is 4.74 Å². The Hall–Kier alpha value is -2.14. The maximum absolute atomic E-state index is 13.4. The molecule has 0 unspecified atom stereocenters. The lowest BCUT2D eigenvalue weighted by atomic mass is 10.0. The molecule has 24 heavy (non-hydrogen) atoms. The Morgan fingerprint density at radius 1 is 1.17 bits per heavy atom. The minimum Gasteiger partial charge on any atom is -0.496 e. The van der Waals surface area contributed by atoms with E-state index < -0.39 is 0 Å². The number of rotatable bonds is 7. The van der Waals surface area contributed by atoms with Crippen molar-refractivity contribution in [1.82, 2.24) is 4.90 Å². The summed E-state index contributed by atoms with van der Waals surface area (Å²) in [5, 5.41) is 3.53. The number of para-hydroxylation sites is 1. The minimum absolute atomic E-state index is 0.262. The molecule has 0 radical (unpaired) electrons. The van der Waals surface area contributed by atoms with Gasteiger partial charge in [0.1, 0.15) is 11.6 Å². The molecule has 1 aliphatic rings. The van der Waals surface area contributed by atoms with Crippen LogP contribution < -0.4 is 10.1 Å². The average Bonchev–Trinajstić information content (AvgIpc) is 2.57. The highest BCUT2D eigenvalue weighted by molar-refractivity contribution is 5.81. The number of halogens is 2. The Kier molecular flexibility index (Phi) is 5.30. The zero-order chi connectivity index (χ0) is 16.9. The molecule has 0 spiro atoms. The van der Waals surface area contributed by atoms with Crippen molar-refractivity contribution < 1.29 is 13.5 Å². The normalized spacial score (nSPS) is 15.1. The predicted molar refractivity (Wildman–Crippen MR) is 92.8 cm³/mol. The van der Waals surface area contributed by atoms with Gasteiger partial charge in [-0.3, -0.25) is 9.29 Å². The number of hydrogen-bond acceptors (Lipinski definition) is 3. The van der Waals surface area contributed by atoms with E-state index in [1.807, 2.05) is 24.3 Å². The number of likely N-dealkylation sites (tertiary alicyclic amines) is 1. The predicted octanol–water partition coefficient (Wildman–Crippen LogP) is 3.96. The number of hydrogen-bond donors (Lipinski definition) is 1. The van der Waals surface area contributed by atoms with Crippen LogP contribution in [0.1, 0.15) is 6.42 Å². The quantitative estimate of drug-likeness (QED) is 0.831. The van der Waals surface area contributed by atoms with Gasteiger partial charge < -0.3 is 10.1 Å². The van der Waals surface area contributed by atoms with E-state index in [0.29, 0.717) is 18.2 Å². The van der Waals surface area contributed by atoms with Crippen LogP contribution in [-0.2, 0) is 0 Å². The van der Waals surface area contributed by atoms with Crippen molar-refractivity contribution >= 4 is 5.69 Å². The van der Waals surface area contributed by atoms with Crippen LogP contribution in [-0.4, -0.2) is 44.4 Å². The van der Waals surface area contributed by atoms with Crippen molar-refractivity contribution in [2.45, 2.75) is 12.5 Å². The van der Waals surface area contributed by atoms with E-state index in [1.54, 1.807) is 13.2 Å². The molecule has 0 saturated carbocycles. The smallest absolute Gasteiger partial charge is 0.129 e. The molecule has 2 aromatic carbocycles. The molecule has 5 heteroatoms. The average molecular weight is 332 g/mol. The molecule has 0 aromatic heterocycles. The highest BCUT2D eigenvalue weighted by Gasteiger charge is 2.26. The lowest BCUT2D eigenvalue weighted by Gasteiger charge is -2.40. The Labute approximate surface area is 141 Å². The fraction of sp³-hybridized carbons (Fsp3) is 0.368. The van der Waals surface area contributed by atoms with Crippen LogP contribution in [0.5, 0.6) is 5.75 Å². The standard InChI is InChI=1S/C19H22F2N2O/c1-24-19-11-14(21)7-8-17(19)16-5-2-3-6-18(16)22-15-12-23(13-15)10-4-9-20/h2-3,5-8,11,15,22H,4,9-10,12-13H2,1H3. The molecule has 1 saturated heterocycles. The van der Waals surface area contributed by atoms with Crippen LogP contribution in [0.3, 0.4) is 0 Å². The van der Waals surface area contributed by atoms with E-state index in [0.717, 1.165) is 36.4 Å². The van der Waals surface area contributed by atoms with Gasteiger partial charge in [-0.15, -0.1) is 0 Å². The molecule has 1 heterocycles. The van der Waals surface area contributed by atoms with Gasteiger partial charge in [0.2, 0.25) is 0 Å². The van der Waals surface area contributed by atoms with Crippen LogP contribution >= 0.6 is 0 Å².